The second-order valence-electron chi connectivity index (χ2n) is 3.14. The summed E-state index contributed by atoms with van der Waals surface area (Å²) in [5.41, 5.74) is 2.98. The lowest BCUT2D eigenvalue weighted by atomic mass is 10.0. The molecule has 3 N–H and O–H groups in total. The molecule has 3 heteroatoms. The second-order valence-corrected chi connectivity index (χ2v) is 3.14. The smallest absolute Gasteiger partial charge is 0.0293 e. The van der Waals surface area contributed by atoms with Gasteiger partial charge in [-0.15, -0.1) is 12.4 Å². The van der Waals surface area contributed by atoms with Gasteiger partial charge in [-0.3, -0.25) is 11.3 Å². The first-order chi connectivity index (χ1) is 3.67. The highest BCUT2D eigenvalue weighted by molar-refractivity contribution is 5.85. The maximum atomic E-state index is 5.30. The van der Waals surface area contributed by atoms with Crippen molar-refractivity contribution in [3.8, 4) is 0 Å². The highest BCUT2D eigenvalue weighted by Gasteiger charge is 2.36. The van der Waals surface area contributed by atoms with Gasteiger partial charge >= 0.3 is 0 Å². The molecule has 0 spiro atoms. The summed E-state index contributed by atoms with van der Waals surface area (Å²) >= 11 is 0. The maximum Gasteiger partial charge on any atom is 0.0293 e. The van der Waals surface area contributed by atoms with Crippen LogP contribution in [0.2, 0.25) is 0 Å². The van der Waals surface area contributed by atoms with Gasteiger partial charge in [-0.2, -0.15) is 0 Å². The van der Waals surface area contributed by atoms with E-state index >= 15 is 0 Å². The molecule has 1 saturated carbocycles. The van der Waals surface area contributed by atoms with Crippen LogP contribution in [0.5, 0.6) is 0 Å². The third-order valence-electron chi connectivity index (χ3n) is 1.97. The minimum Gasteiger partial charge on any atom is -0.271 e. The SMILES string of the molecule is CC(C)(NN)C1CC1.Cl. The van der Waals surface area contributed by atoms with E-state index in [-0.39, 0.29) is 17.9 Å². The molecule has 56 valence electrons. The van der Waals surface area contributed by atoms with E-state index < -0.39 is 0 Å². The van der Waals surface area contributed by atoms with E-state index in [1.807, 2.05) is 0 Å². The molecule has 0 unspecified atom stereocenters. The molecule has 0 bridgehead atoms. The Morgan fingerprint density at radius 1 is 1.44 bits per heavy atom. The van der Waals surface area contributed by atoms with Crippen molar-refractivity contribution < 1.29 is 0 Å². The number of hydrazine groups is 1. The molecule has 0 aromatic rings. The molecule has 2 nitrogen and oxygen atoms in total. The van der Waals surface area contributed by atoms with Crippen LogP contribution in [-0.2, 0) is 0 Å². The predicted octanol–water partition coefficient (Wildman–Crippen LogP) is 1.06. The van der Waals surface area contributed by atoms with Gasteiger partial charge in [0.2, 0.25) is 0 Å². The summed E-state index contributed by atoms with van der Waals surface area (Å²) < 4.78 is 0. The fourth-order valence-electron chi connectivity index (χ4n) is 0.923. The Labute approximate surface area is 62.6 Å². The van der Waals surface area contributed by atoms with Crippen LogP contribution in [0.25, 0.3) is 0 Å². The average Bonchev–Trinajstić information content (AvgIpc) is 2.44. The second kappa shape index (κ2) is 2.86. The number of rotatable bonds is 2. The highest BCUT2D eigenvalue weighted by atomic mass is 35.5. The predicted molar refractivity (Wildman–Crippen MR) is 41.4 cm³/mol. The summed E-state index contributed by atoms with van der Waals surface area (Å²) in [5, 5.41) is 0. The van der Waals surface area contributed by atoms with Crippen molar-refractivity contribution in [3.05, 3.63) is 0 Å². The molecule has 0 radical (unpaired) electrons. The Morgan fingerprint density at radius 2 is 1.89 bits per heavy atom. The monoisotopic (exact) mass is 150 g/mol. The van der Waals surface area contributed by atoms with Gasteiger partial charge in [0.15, 0.2) is 0 Å². The van der Waals surface area contributed by atoms with Gasteiger partial charge in [0.05, 0.1) is 0 Å². The molecule has 0 aliphatic heterocycles. The van der Waals surface area contributed by atoms with Gasteiger partial charge in [0, 0.05) is 5.54 Å². The van der Waals surface area contributed by atoms with Crippen molar-refractivity contribution in [2.45, 2.75) is 32.2 Å². The van der Waals surface area contributed by atoms with Crippen molar-refractivity contribution >= 4 is 12.4 Å². The van der Waals surface area contributed by atoms with Crippen molar-refractivity contribution in [2.75, 3.05) is 0 Å². The van der Waals surface area contributed by atoms with Gasteiger partial charge in [-0.05, 0) is 32.6 Å². The normalized spacial score (nSPS) is 19.0. The van der Waals surface area contributed by atoms with Crippen LogP contribution in [0, 0.1) is 5.92 Å². The van der Waals surface area contributed by atoms with E-state index in [9.17, 15) is 0 Å². The highest BCUT2D eigenvalue weighted by Crippen LogP contribution is 2.38. The van der Waals surface area contributed by atoms with E-state index in [0.29, 0.717) is 0 Å². The van der Waals surface area contributed by atoms with E-state index in [2.05, 4.69) is 19.3 Å². The summed E-state index contributed by atoms with van der Waals surface area (Å²) in [4.78, 5) is 0. The van der Waals surface area contributed by atoms with Crippen LogP contribution in [0.1, 0.15) is 26.7 Å². The summed E-state index contributed by atoms with van der Waals surface area (Å²) in [7, 11) is 0. The number of halogens is 1. The number of nitrogens with one attached hydrogen (secondary N) is 1. The lowest BCUT2D eigenvalue weighted by molar-refractivity contribution is 0.349. The van der Waals surface area contributed by atoms with Gasteiger partial charge in [0.25, 0.3) is 0 Å². The van der Waals surface area contributed by atoms with E-state index in [0.717, 1.165) is 5.92 Å². The lowest BCUT2D eigenvalue weighted by Gasteiger charge is -2.22. The van der Waals surface area contributed by atoms with Gasteiger partial charge in [0.1, 0.15) is 0 Å². The zero-order chi connectivity index (χ0) is 6.20. The van der Waals surface area contributed by atoms with Crippen LogP contribution >= 0.6 is 12.4 Å². The van der Waals surface area contributed by atoms with Crippen molar-refractivity contribution in [3.63, 3.8) is 0 Å². The van der Waals surface area contributed by atoms with Crippen LogP contribution in [-0.4, -0.2) is 5.54 Å². The third kappa shape index (κ3) is 2.12. The molecule has 0 heterocycles. The summed E-state index contributed by atoms with van der Waals surface area (Å²) in [6.45, 7) is 4.29. The zero-order valence-electron chi connectivity index (χ0n) is 5.98. The number of hydrogen-bond donors (Lipinski definition) is 2. The van der Waals surface area contributed by atoms with Crippen LogP contribution in [0.15, 0.2) is 0 Å². The van der Waals surface area contributed by atoms with E-state index in [4.69, 9.17) is 5.84 Å². The maximum absolute atomic E-state index is 5.30. The van der Waals surface area contributed by atoms with Crippen LogP contribution < -0.4 is 11.3 Å². The fourth-order valence-corrected chi connectivity index (χ4v) is 0.923. The molecule has 0 amide bonds. The first kappa shape index (κ1) is 9.21. The van der Waals surface area contributed by atoms with Crippen molar-refractivity contribution in [1.82, 2.24) is 5.43 Å². The minimum absolute atomic E-state index is 0. The van der Waals surface area contributed by atoms with E-state index in [1.165, 1.54) is 12.8 Å². The first-order valence-electron chi connectivity index (χ1n) is 3.14. The zero-order valence-corrected chi connectivity index (χ0v) is 6.79. The molecule has 0 aromatic heterocycles. The average molecular weight is 151 g/mol. The standard InChI is InChI=1S/C6H14N2.ClH/c1-6(2,8-7)5-3-4-5;/h5,8H,3-4,7H2,1-2H3;1H. The first-order valence-corrected chi connectivity index (χ1v) is 3.14. The molecule has 0 atom stereocenters. The summed E-state index contributed by atoms with van der Waals surface area (Å²) in [6.07, 6.45) is 2.69. The Balaban J connectivity index is 0.000000640. The Kier molecular flexibility index (Phi) is 2.93. The van der Waals surface area contributed by atoms with Crippen molar-refractivity contribution in [2.24, 2.45) is 11.8 Å². The Morgan fingerprint density at radius 3 is 2.00 bits per heavy atom. The minimum atomic E-state index is 0. The third-order valence-corrected chi connectivity index (χ3v) is 1.97. The fraction of sp³-hybridized carbons (Fsp3) is 1.00. The molecule has 1 fully saturated rings. The van der Waals surface area contributed by atoms with Gasteiger partial charge in [-0.1, -0.05) is 0 Å². The molecule has 0 saturated heterocycles. The van der Waals surface area contributed by atoms with E-state index in [1.54, 1.807) is 0 Å². The molecule has 9 heavy (non-hydrogen) atoms. The van der Waals surface area contributed by atoms with Crippen LogP contribution in [0.4, 0.5) is 0 Å². The molecule has 1 aliphatic rings. The quantitative estimate of drug-likeness (QED) is 0.457. The number of hydrogen-bond acceptors (Lipinski definition) is 2. The van der Waals surface area contributed by atoms with Crippen LogP contribution in [0.3, 0.4) is 0 Å². The number of nitrogens with two attached hydrogens (primary N) is 1. The van der Waals surface area contributed by atoms with Gasteiger partial charge in [-0.25, -0.2) is 0 Å². The Bertz CT molecular complexity index is 89.1. The topological polar surface area (TPSA) is 38.0 Å². The molecular weight excluding hydrogens is 136 g/mol. The summed E-state index contributed by atoms with van der Waals surface area (Å²) in [6, 6.07) is 0. The molecule has 1 rings (SSSR count). The molecular formula is C6H15ClN2. The van der Waals surface area contributed by atoms with Crippen molar-refractivity contribution in [1.29, 1.82) is 0 Å². The van der Waals surface area contributed by atoms with Gasteiger partial charge < -0.3 is 0 Å². The largest absolute Gasteiger partial charge is 0.271 e. The summed E-state index contributed by atoms with van der Waals surface area (Å²) in [5.74, 6) is 6.12. The molecule has 0 aromatic carbocycles. The Hall–Kier alpha value is 0.210. The lowest BCUT2D eigenvalue weighted by Crippen LogP contribution is -2.45. The molecule has 1 aliphatic carbocycles.